The molecule has 3 unspecified atom stereocenters. The van der Waals surface area contributed by atoms with Crippen LogP contribution >= 0.6 is 0 Å². The maximum Gasteiger partial charge on any atom is 0.0419 e. The second-order valence-corrected chi connectivity index (χ2v) is 6.28. The highest BCUT2D eigenvalue weighted by molar-refractivity contribution is 5.11. The largest absolute Gasteiger partial charge is 0.313 e. The number of hydrogen-bond acceptors (Lipinski definition) is 2. The maximum atomic E-state index is 4.51. The molecule has 104 valence electrons. The zero-order valence-electron chi connectivity index (χ0n) is 12.0. The standard InChI is InChI=1S/C17H26N2/c1-2-10-19-16(12-13-7-5-6-11-18-13)17-14-8-3-4-9-15(14)17/h5-7,11,14-17,19H,2-4,8-10,12H2,1H3. The van der Waals surface area contributed by atoms with E-state index in [1.807, 2.05) is 12.3 Å². The molecule has 3 atom stereocenters. The first-order valence-corrected chi connectivity index (χ1v) is 8.03. The van der Waals surface area contributed by atoms with E-state index in [0.717, 1.165) is 30.7 Å². The zero-order chi connectivity index (χ0) is 13.1. The van der Waals surface area contributed by atoms with Gasteiger partial charge in [-0.15, -0.1) is 0 Å². The minimum Gasteiger partial charge on any atom is -0.313 e. The van der Waals surface area contributed by atoms with Crippen LogP contribution in [0, 0.1) is 17.8 Å². The third-order valence-electron chi connectivity index (χ3n) is 5.00. The first-order valence-electron chi connectivity index (χ1n) is 8.03. The van der Waals surface area contributed by atoms with Crippen molar-refractivity contribution >= 4 is 0 Å². The molecule has 2 saturated carbocycles. The first-order chi connectivity index (χ1) is 9.40. The lowest BCUT2D eigenvalue weighted by Crippen LogP contribution is -2.35. The normalized spacial score (nSPS) is 30.7. The van der Waals surface area contributed by atoms with Gasteiger partial charge in [0, 0.05) is 24.4 Å². The van der Waals surface area contributed by atoms with E-state index >= 15 is 0 Å². The number of aromatic nitrogens is 1. The lowest BCUT2D eigenvalue weighted by Gasteiger charge is -2.18. The summed E-state index contributed by atoms with van der Waals surface area (Å²) in [5.41, 5.74) is 1.25. The van der Waals surface area contributed by atoms with Crippen molar-refractivity contribution in [3.05, 3.63) is 30.1 Å². The van der Waals surface area contributed by atoms with Gasteiger partial charge < -0.3 is 5.32 Å². The topological polar surface area (TPSA) is 24.9 Å². The molecule has 2 fully saturated rings. The summed E-state index contributed by atoms with van der Waals surface area (Å²) in [6, 6.07) is 6.95. The van der Waals surface area contributed by atoms with Gasteiger partial charge in [-0.2, -0.15) is 0 Å². The van der Waals surface area contributed by atoms with Crippen molar-refractivity contribution in [2.24, 2.45) is 17.8 Å². The van der Waals surface area contributed by atoms with Gasteiger partial charge >= 0.3 is 0 Å². The summed E-state index contributed by atoms with van der Waals surface area (Å²) in [7, 11) is 0. The van der Waals surface area contributed by atoms with Crippen LogP contribution in [-0.2, 0) is 6.42 Å². The van der Waals surface area contributed by atoms with Crippen molar-refractivity contribution in [1.82, 2.24) is 10.3 Å². The Labute approximate surface area is 117 Å². The molecule has 2 nitrogen and oxygen atoms in total. The molecule has 2 aliphatic rings. The van der Waals surface area contributed by atoms with Crippen LogP contribution < -0.4 is 5.32 Å². The van der Waals surface area contributed by atoms with E-state index in [9.17, 15) is 0 Å². The van der Waals surface area contributed by atoms with E-state index in [2.05, 4.69) is 29.4 Å². The molecule has 0 aromatic carbocycles. The first kappa shape index (κ1) is 13.1. The molecule has 1 heterocycles. The number of rotatable bonds is 6. The summed E-state index contributed by atoms with van der Waals surface area (Å²) in [5, 5.41) is 3.80. The third-order valence-corrected chi connectivity index (χ3v) is 5.00. The Morgan fingerprint density at radius 3 is 2.68 bits per heavy atom. The summed E-state index contributed by atoms with van der Waals surface area (Å²) in [5.74, 6) is 2.97. The van der Waals surface area contributed by atoms with Crippen molar-refractivity contribution in [3.8, 4) is 0 Å². The van der Waals surface area contributed by atoms with Gasteiger partial charge in [0.05, 0.1) is 0 Å². The van der Waals surface area contributed by atoms with Gasteiger partial charge in [0.25, 0.3) is 0 Å². The molecule has 1 aromatic rings. The van der Waals surface area contributed by atoms with E-state index in [4.69, 9.17) is 0 Å². The molecule has 19 heavy (non-hydrogen) atoms. The van der Waals surface area contributed by atoms with Crippen LogP contribution in [0.4, 0.5) is 0 Å². The van der Waals surface area contributed by atoms with Gasteiger partial charge in [-0.05, 0) is 55.7 Å². The van der Waals surface area contributed by atoms with Crippen LogP contribution in [0.3, 0.4) is 0 Å². The maximum absolute atomic E-state index is 4.51. The Kier molecular flexibility index (Phi) is 4.17. The number of pyridine rings is 1. The lowest BCUT2D eigenvalue weighted by molar-refractivity contribution is 0.425. The average Bonchev–Trinajstić information content (AvgIpc) is 3.19. The SMILES string of the molecule is CCCNC(Cc1ccccn1)C1C2CCCCC21. The minimum atomic E-state index is 0.656. The molecule has 1 N–H and O–H groups in total. The van der Waals surface area contributed by atoms with Crippen LogP contribution in [0.2, 0.25) is 0 Å². The quantitative estimate of drug-likeness (QED) is 0.845. The second-order valence-electron chi connectivity index (χ2n) is 6.28. The Balaban J connectivity index is 1.64. The van der Waals surface area contributed by atoms with Gasteiger partial charge in [0.2, 0.25) is 0 Å². The van der Waals surface area contributed by atoms with Crippen molar-refractivity contribution in [2.75, 3.05) is 6.54 Å². The molecule has 0 bridgehead atoms. The van der Waals surface area contributed by atoms with E-state index < -0.39 is 0 Å². The molecule has 2 heteroatoms. The summed E-state index contributed by atoms with van der Waals surface area (Å²) in [4.78, 5) is 4.51. The van der Waals surface area contributed by atoms with Crippen molar-refractivity contribution in [3.63, 3.8) is 0 Å². The Morgan fingerprint density at radius 1 is 1.26 bits per heavy atom. The molecular formula is C17H26N2. The smallest absolute Gasteiger partial charge is 0.0419 e. The highest BCUT2D eigenvalue weighted by atomic mass is 14.9. The molecule has 1 aromatic heterocycles. The zero-order valence-corrected chi connectivity index (χ0v) is 12.0. The van der Waals surface area contributed by atoms with Gasteiger partial charge in [0.1, 0.15) is 0 Å². The van der Waals surface area contributed by atoms with Crippen LogP contribution in [-0.4, -0.2) is 17.6 Å². The Bertz CT molecular complexity index is 378. The van der Waals surface area contributed by atoms with Gasteiger partial charge in [-0.25, -0.2) is 0 Å². The fraction of sp³-hybridized carbons (Fsp3) is 0.706. The number of fused-ring (bicyclic) bond motifs is 1. The fourth-order valence-electron chi connectivity index (χ4n) is 4.06. The van der Waals surface area contributed by atoms with E-state index in [-0.39, 0.29) is 0 Å². The molecule has 3 rings (SSSR count). The Hall–Kier alpha value is -0.890. The van der Waals surface area contributed by atoms with Crippen LogP contribution in [0.1, 0.15) is 44.7 Å². The van der Waals surface area contributed by atoms with Gasteiger partial charge in [-0.1, -0.05) is 25.8 Å². The van der Waals surface area contributed by atoms with Crippen LogP contribution in [0.15, 0.2) is 24.4 Å². The highest BCUT2D eigenvalue weighted by Crippen LogP contribution is 2.57. The summed E-state index contributed by atoms with van der Waals surface area (Å²) < 4.78 is 0. The lowest BCUT2D eigenvalue weighted by atomic mass is 10.0. The summed E-state index contributed by atoms with van der Waals surface area (Å²) >= 11 is 0. The molecule has 0 aliphatic heterocycles. The van der Waals surface area contributed by atoms with Crippen molar-refractivity contribution < 1.29 is 0 Å². The molecule has 0 radical (unpaired) electrons. The van der Waals surface area contributed by atoms with Gasteiger partial charge in [-0.3, -0.25) is 4.98 Å². The van der Waals surface area contributed by atoms with Crippen molar-refractivity contribution in [2.45, 2.75) is 51.5 Å². The summed E-state index contributed by atoms with van der Waals surface area (Å²) in [6.07, 6.45) is 10.1. The molecule has 2 aliphatic carbocycles. The number of nitrogens with zero attached hydrogens (tertiary/aromatic N) is 1. The number of nitrogens with one attached hydrogen (secondary N) is 1. The monoisotopic (exact) mass is 258 g/mol. The Morgan fingerprint density at radius 2 is 2.05 bits per heavy atom. The molecule has 0 spiro atoms. The highest BCUT2D eigenvalue weighted by Gasteiger charge is 2.53. The van der Waals surface area contributed by atoms with E-state index in [1.165, 1.54) is 37.8 Å². The molecule has 0 amide bonds. The summed E-state index contributed by atoms with van der Waals surface area (Å²) in [6.45, 7) is 3.40. The van der Waals surface area contributed by atoms with Crippen LogP contribution in [0.5, 0.6) is 0 Å². The predicted molar refractivity (Wildman–Crippen MR) is 79.0 cm³/mol. The van der Waals surface area contributed by atoms with Crippen molar-refractivity contribution in [1.29, 1.82) is 0 Å². The molecule has 0 saturated heterocycles. The van der Waals surface area contributed by atoms with E-state index in [0.29, 0.717) is 6.04 Å². The number of hydrogen-bond donors (Lipinski definition) is 1. The minimum absolute atomic E-state index is 0.656. The average molecular weight is 258 g/mol. The van der Waals surface area contributed by atoms with E-state index in [1.54, 1.807) is 0 Å². The van der Waals surface area contributed by atoms with Gasteiger partial charge in [0.15, 0.2) is 0 Å². The second kappa shape index (κ2) is 6.04. The fourth-order valence-corrected chi connectivity index (χ4v) is 4.06. The van der Waals surface area contributed by atoms with Crippen LogP contribution in [0.25, 0.3) is 0 Å². The third kappa shape index (κ3) is 3.00. The molecular weight excluding hydrogens is 232 g/mol. The predicted octanol–water partition coefficient (Wildman–Crippen LogP) is 3.43.